The smallest absolute Gasteiger partial charge is 0.237 e. The van der Waals surface area contributed by atoms with Gasteiger partial charge in [-0.1, -0.05) is 19.8 Å². The number of rotatable bonds is 3. The van der Waals surface area contributed by atoms with Crippen molar-refractivity contribution in [3.05, 3.63) is 0 Å². The first-order valence-electron chi connectivity index (χ1n) is 5.40. The van der Waals surface area contributed by atoms with Crippen LogP contribution in [-0.4, -0.2) is 29.8 Å². The quantitative estimate of drug-likeness (QED) is 0.700. The normalized spacial score (nSPS) is 21.3. The molecule has 1 atom stereocenters. The highest BCUT2D eigenvalue weighted by Crippen LogP contribution is 2.08. The summed E-state index contributed by atoms with van der Waals surface area (Å²) >= 11 is 4.11. The van der Waals surface area contributed by atoms with Crippen LogP contribution in [0.15, 0.2) is 0 Å². The lowest BCUT2D eigenvalue weighted by Gasteiger charge is -2.22. The van der Waals surface area contributed by atoms with Crippen LogP contribution in [0.4, 0.5) is 0 Å². The number of hydrazine groups is 1. The Morgan fingerprint density at radius 3 is 2.43 bits per heavy atom. The van der Waals surface area contributed by atoms with Crippen molar-refractivity contribution >= 4 is 18.5 Å². The number of amides is 1. The van der Waals surface area contributed by atoms with Gasteiger partial charge < -0.3 is 0 Å². The summed E-state index contributed by atoms with van der Waals surface area (Å²) in [4.78, 5) is 11.6. The molecule has 0 spiro atoms. The molecule has 0 radical (unpaired) electrons. The van der Waals surface area contributed by atoms with E-state index in [2.05, 4.69) is 23.1 Å². The lowest BCUT2D eigenvalue weighted by atomic mass is 10.2. The first-order valence-corrected chi connectivity index (χ1v) is 6.03. The highest BCUT2D eigenvalue weighted by molar-refractivity contribution is 7.80. The number of hydrogen-bond acceptors (Lipinski definition) is 3. The molecule has 0 aliphatic carbocycles. The molecule has 1 fully saturated rings. The standard InChI is InChI=1S/C10H20N2OS/c1-9(8-14)10(13)11-12-6-4-2-3-5-7-12/h9,14H,2-8H2,1H3,(H,11,13). The van der Waals surface area contributed by atoms with Gasteiger partial charge >= 0.3 is 0 Å². The number of thiol groups is 1. The van der Waals surface area contributed by atoms with E-state index in [0.29, 0.717) is 5.75 Å². The average Bonchev–Trinajstić information content (AvgIpc) is 2.45. The average molecular weight is 216 g/mol. The van der Waals surface area contributed by atoms with Crippen molar-refractivity contribution in [3.63, 3.8) is 0 Å². The van der Waals surface area contributed by atoms with Crippen LogP contribution in [0.3, 0.4) is 0 Å². The maximum Gasteiger partial charge on any atom is 0.237 e. The third kappa shape index (κ3) is 3.88. The van der Waals surface area contributed by atoms with E-state index in [-0.39, 0.29) is 11.8 Å². The molecule has 0 aromatic rings. The van der Waals surface area contributed by atoms with Crippen molar-refractivity contribution in [3.8, 4) is 0 Å². The van der Waals surface area contributed by atoms with Crippen LogP contribution in [0.5, 0.6) is 0 Å². The molecule has 1 aliphatic rings. The summed E-state index contributed by atoms with van der Waals surface area (Å²) in [6.45, 7) is 3.89. The van der Waals surface area contributed by atoms with Crippen LogP contribution in [0, 0.1) is 5.92 Å². The van der Waals surface area contributed by atoms with Gasteiger partial charge in [-0.25, -0.2) is 5.01 Å². The zero-order chi connectivity index (χ0) is 10.4. The highest BCUT2D eigenvalue weighted by Gasteiger charge is 2.15. The molecule has 0 bridgehead atoms. The van der Waals surface area contributed by atoms with E-state index >= 15 is 0 Å². The van der Waals surface area contributed by atoms with E-state index in [1.54, 1.807) is 0 Å². The number of nitrogens with zero attached hydrogens (tertiary/aromatic N) is 1. The maximum atomic E-state index is 11.6. The molecule has 0 aromatic carbocycles. The minimum absolute atomic E-state index is 0.00147. The Morgan fingerprint density at radius 2 is 1.93 bits per heavy atom. The van der Waals surface area contributed by atoms with Gasteiger partial charge in [0.1, 0.15) is 0 Å². The molecule has 3 nitrogen and oxygen atoms in total. The topological polar surface area (TPSA) is 32.3 Å². The fraction of sp³-hybridized carbons (Fsp3) is 0.900. The predicted octanol–water partition coefficient (Wildman–Crippen LogP) is 1.46. The lowest BCUT2D eigenvalue weighted by molar-refractivity contribution is -0.128. The third-order valence-electron chi connectivity index (χ3n) is 2.60. The molecule has 0 aromatic heterocycles. The van der Waals surface area contributed by atoms with Crippen molar-refractivity contribution in [1.82, 2.24) is 10.4 Å². The summed E-state index contributed by atoms with van der Waals surface area (Å²) in [6.07, 6.45) is 4.95. The first kappa shape index (κ1) is 11.9. The summed E-state index contributed by atoms with van der Waals surface area (Å²) in [5, 5.41) is 2.05. The Morgan fingerprint density at radius 1 is 1.36 bits per heavy atom. The molecule has 4 heteroatoms. The summed E-state index contributed by atoms with van der Waals surface area (Å²) in [5.74, 6) is 0.711. The van der Waals surface area contributed by atoms with Gasteiger partial charge in [-0.05, 0) is 12.8 Å². The van der Waals surface area contributed by atoms with E-state index < -0.39 is 0 Å². The van der Waals surface area contributed by atoms with Crippen LogP contribution in [-0.2, 0) is 4.79 Å². The third-order valence-corrected chi connectivity index (χ3v) is 3.14. The van der Waals surface area contributed by atoms with Crippen molar-refractivity contribution in [1.29, 1.82) is 0 Å². The van der Waals surface area contributed by atoms with E-state index in [9.17, 15) is 4.79 Å². The minimum Gasteiger partial charge on any atom is -0.289 e. The molecule has 82 valence electrons. The molecule has 1 heterocycles. The maximum absolute atomic E-state index is 11.6. The van der Waals surface area contributed by atoms with Gasteiger partial charge in [-0.3, -0.25) is 10.2 Å². The van der Waals surface area contributed by atoms with E-state index in [1.807, 2.05) is 6.92 Å². The number of carbonyl (C=O) groups is 1. The Hall–Kier alpha value is -0.220. The second-order valence-electron chi connectivity index (χ2n) is 3.96. The van der Waals surface area contributed by atoms with Gasteiger partial charge in [0.2, 0.25) is 5.91 Å². The molecule has 1 unspecified atom stereocenters. The van der Waals surface area contributed by atoms with Gasteiger partial charge in [-0.15, -0.1) is 0 Å². The molecular formula is C10H20N2OS. The summed E-state index contributed by atoms with van der Waals surface area (Å²) in [7, 11) is 0. The van der Waals surface area contributed by atoms with Crippen LogP contribution in [0.2, 0.25) is 0 Å². The number of hydrogen-bond donors (Lipinski definition) is 2. The fourth-order valence-electron chi connectivity index (χ4n) is 1.53. The molecule has 1 saturated heterocycles. The molecule has 1 N–H and O–H groups in total. The van der Waals surface area contributed by atoms with Crippen molar-refractivity contribution in [2.24, 2.45) is 5.92 Å². The molecule has 1 aliphatic heterocycles. The predicted molar refractivity (Wildman–Crippen MR) is 61.2 cm³/mol. The van der Waals surface area contributed by atoms with E-state index in [0.717, 1.165) is 13.1 Å². The van der Waals surface area contributed by atoms with Crippen LogP contribution in [0.25, 0.3) is 0 Å². The largest absolute Gasteiger partial charge is 0.289 e. The van der Waals surface area contributed by atoms with E-state index in [4.69, 9.17) is 0 Å². The summed E-state index contributed by atoms with van der Waals surface area (Å²) in [6, 6.07) is 0. The lowest BCUT2D eigenvalue weighted by Crippen LogP contribution is -2.45. The van der Waals surface area contributed by atoms with Crippen LogP contribution < -0.4 is 5.43 Å². The highest BCUT2D eigenvalue weighted by atomic mass is 32.1. The van der Waals surface area contributed by atoms with Gasteiger partial charge in [0, 0.05) is 24.8 Å². The summed E-state index contributed by atoms with van der Waals surface area (Å²) in [5.41, 5.74) is 2.96. The molecular weight excluding hydrogens is 196 g/mol. The molecule has 1 rings (SSSR count). The van der Waals surface area contributed by atoms with Gasteiger partial charge in [0.15, 0.2) is 0 Å². The van der Waals surface area contributed by atoms with Crippen LogP contribution >= 0.6 is 12.6 Å². The zero-order valence-corrected chi connectivity index (χ0v) is 9.72. The van der Waals surface area contributed by atoms with Gasteiger partial charge in [-0.2, -0.15) is 12.6 Å². The minimum atomic E-state index is 0.00147. The second-order valence-corrected chi connectivity index (χ2v) is 4.33. The van der Waals surface area contributed by atoms with Crippen molar-refractivity contribution in [2.45, 2.75) is 32.6 Å². The second kappa shape index (κ2) is 6.30. The van der Waals surface area contributed by atoms with E-state index in [1.165, 1.54) is 25.7 Å². The zero-order valence-electron chi connectivity index (χ0n) is 8.83. The SMILES string of the molecule is CC(CS)C(=O)NN1CCCCCC1. The Balaban J connectivity index is 2.30. The Bertz CT molecular complexity index is 179. The van der Waals surface area contributed by atoms with Crippen molar-refractivity contribution < 1.29 is 4.79 Å². The van der Waals surface area contributed by atoms with Crippen LogP contribution in [0.1, 0.15) is 32.6 Å². The molecule has 14 heavy (non-hydrogen) atoms. The monoisotopic (exact) mass is 216 g/mol. The fourth-order valence-corrected chi connectivity index (χ4v) is 1.70. The van der Waals surface area contributed by atoms with Crippen molar-refractivity contribution in [2.75, 3.05) is 18.8 Å². The Labute approximate surface area is 91.6 Å². The molecule has 1 amide bonds. The number of carbonyl (C=O) groups excluding carboxylic acids is 1. The molecule has 0 saturated carbocycles. The summed E-state index contributed by atoms with van der Waals surface area (Å²) < 4.78 is 0. The number of nitrogens with one attached hydrogen (secondary N) is 1. The first-order chi connectivity index (χ1) is 6.74. The van der Waals surface area contributed by atoms with Gasteiger partial charge in [0.25, 0.3) is 0 Å². The van der Waals surface area contributed by atoms with Gasteiger partial charge in [0.05, 0.1) is 0 Å². The Kier molecular flexibility index (Phi) is 5.33.